The number of benzene rings is 1. The second-order valence-electron chi connectivity index (χ2n) is 4.03. The Labute approximate surface area is 105 Å². The molecule has 0 radical (unpaired) electrons. The molecule has 1 aromatic carbocycles. The van der Waals surface area contributed by atoms with Gasteiger partial charge in [-0.2, -0.15) is 0 Å². The van der Waals surface area contributed by atoms with E-state index in [9.17, 15) is 4.39 Å². The van der Waals surface area contributed by atoms with Gasteiger partial charge < -0.3 is 5.32 Å². The molecule has 0 fully saturated rings. The van der Waals surface area contributed by atoms with Crippen LogP contribution >= 0.6 is 11.3 Å². The molecule has 0 unspecified atom stereocenters. The number of halogens is 1. The first-order chi connectivity index (χ1) is 8.20. The Bertz CT molecular complexity index is 505. The van der Waals surface area contributed by atoms with Crippen LogP contribution in [-0.4, -0.2) is 6.54 Å². The maximum absolute atomic E-state index is 13.3. The molecule has 0 aliphatic carbocycles. The fraction of sp³-hybridized carbons (Fsp3) is 0.286. The first-order valence-corrected chi connectivity index (χ1v) is 6.63. The van der Waals surface area contributed by atoms with Crippen molar-refractivity contribution in [3.05, 3.63) is 45.9 Å². The van der Waals surface area contributed by atoms with Crippen molar-refractivity contribution < 1.29 is 4.39 Å². The highest BCUT2D eigenvalue weighted by Crippen LogP contribution is 2.28. The third kappa shape index (κ3) is 2.93. The van der Waals surface area contributed by atoms with Gasteiger partial charge in [0.2, 0.25) is 0 Å². The van der Waals surface area contributed by atoms with Gasteiger partial charge in [-0.3, -0.25) is 0 Å². The van der Waals surface area contributed by atoms with Gasteiger partial charge in [-0.1, -0.05) is 13.0 Å². The van der Waals surface area contributed by atoms with E-state index >= 15 is 0 Å². The van der Waals surface area contributed by atoms with Gasteiger partial charge in [0.25, 0.3) is 0 Å². The summed E-state index contributed by atoms with van der Waals surface area (Å²) >= 11 is 1.69. The molecule has 1 N–H and O–H groups in total. The van der Waals surface area contributed by atoms with Crippen molar-refractivity contribution >= 4 is 11.3 Å². The van der Waals surface area contributed by atoms with E-state index in [1.807, 2.05) is 6.07 Å². The molecule has 1 nitrogen and oxygen atoms in total. The first kappa shape index (κ1) is 12.3. The highest BCUT2D eigenvalue weighted by Gasteiger charge is 2.07. The molecule has 2 rings (SSSR count). The van der Waals surface area contributed by atoms with Gasteiger partial charge in [0.1, 0.15) is 5.82 Å². The van der Waals surface area contributed by atoms with E-state index in [-0.39, 0.29) is 5.82 Å². The van der Waals surface area contributed by atoms with E-state index in [1.165, 1.54) is 10.9 Å². The monoisotopic (exact) mass is 249 g/mol. The minimum Gasteiger partial charge on any atom is -0.313 e. The van der Waals surface area contributed by atoms with E-state index in [4.69, 9.17) is 0 Å². The second kappa shape index (κ2) is 5.43. The smallest absolute Gasteiger partial charge is 0.123 e. The Hall–Kier alpha value is -1.19. The number of thiophene rings is 1. The number of nitrogens with one attached hydrogen (secondary N) is 1. The molecule has 0 aliphatic heterocycles. The number of rotatable bonds is 4. The maximum atomic E-state index is 13.3. The summed E-state index contributed by atoms with van der Waals surface area (Å²) in [5, 5.41) is 5.36. The second-order valence-corrected chi connectivity index (χ2v) is 5.14. The Kier molecular flexibility index (Phi) is 3.92. The van der Waals surface area contributed by atoms with Gasteiger partial charge in [0.05, 0.1) is 0 Å². The lowest BCUT2D eigenvalue weighted by Gasteiger charge is -2.09. The number of hydrogen-bond donors (Lipinski definition) is 1. The number of hydrogen-bond acceptors (Lipinski definition) is 2. The predicted octanol–water partition coefficient (Wildman–Crippen LogP) is 3.97. The van der Waals surface area contributed by atoms with Gasteiger partial charge >= 0.3 is 0 Å². The highest BCUT2D eigenvalue weighted by molar-refractivity contribution is 7.10. The van der Waals surface area contributed by atoms with Crippen LogP contribution in [-0.2, 0) is 6.54 Å². The van der Waals surface area contributed by atoms with E-state index in [1.54, 1.807) is 17.4 Å². The van der Waals surface area contributed by atoms with Gasteiger partial charge in [-0.25, -0.2) is 4.39 Å². The van der Waals surface area contributed by atoms with Gasteiger partial charge in [0.15, 0.2) is 0 Å². The molecule has 1 heterocycles. The molecule has 0 atom stereocenters. The van der Waals surface area contributed by atoms with Crippen LogP contribution in [0.15, 0.2) is 29.6 Å². The third-order valence-corrected chi connectivity index (χ3v) is 3.54. The zero-order valence-corrected chi connectivity index (χ0v) is 10.9. The van der Waals surface area contributed by atoms with Crippen LogP contribution in [0.2, 0.25) is 0 Å². The van der Waals surface area contributed by atoms with Crippen molar-refractivity contribution in [1.29, 1.82) is 0 Å². The summed E-state index contributed by atoms with van der Waals surface area (Å²) in [7, 11) is 0. The summed E-state index contributed by atoms with van der Waals surface area (Å²) in [6.45, 7) is 5.83. The molecule has 2 aromatic rings. The number of aryl methyl sites for hydroxylation is 1. The zero-order chi connectivity index (χ0) is 12.3. The quantitative estimate of drug-likeness (QED) is 0.864. The molecular formula is C14H16FNS. The van der Waals surface area contributed by atoms with Gasteiger partial charge in [0, 0.05) is 11.4 Å². The van der Waals surface area contributed by atoms with E-state index in [0.29, 0.717) is 0 Å². The maximum Gasteiger partial charge on any atom is 0.123 e. The fourth-order valence-corrected chi connectivity index (χ4v) is 2.52. The standard InChI is InChI=1S/C14H16FNS/c1-3-16-8-11-4-5-13(15)7-14(11)12-6-10(2)17-9-12/h4-7,9,16H,3,8H2,1-2H3. The molecule has 0 amide bonds. The van der Waals surface area contributed by atoms with E-state index < -0.39 is 0 Å². The first-order valence-electron chi connectivity index (χ1n) is 5.75. The molecule has 0 spiro atoms. The Morgan fingerprint density at radius 1 is 1.29 bits per heavy atom. The summed E-state index contributed by atoms with van der Waals surface area (Å²) in [5.74, 6) is -0.177. The SMILES string of the molecule is CCNCc1ccc(F)cc1-c1csc(C)c1. The van der Waals surface area contributed by atoms with Crippen LogP contribution in [0.5, 0.6) is 0 Å². The van der Waals surface area contributed by atoms with Crippen molar-refractivity contribution in [2.75, 3.05) is 6.54 Å². The Morgan fingerprint density at radius 2 is 2.12 bits per heavy atom. The lowest BCUT2D eigenvalue weighted by molar-refractivity contribution is 0.626. The lowest BCUT2D eigenvalue weighted by atomic mass is 10.0. The zero-order valence-electron chi connectivity index (χ0n) is 10.1. The Morgan fingerprint density at radius 3 is 2.76 bits per heavy atom. The van der Waals surface area contributed by atoms with Crippen molar-refractivity contribution in [2.45, 2.75) is 20.4 Å². The highest BCUT2D eigenvalue weighted by atomic mass is 32.1. The Balaban J connectivity index is 2.39. The van der Waals surface area contributed by atoms with Crippen molar-refractivity contribution in [2.24, 2.45) is 0 Å². The fourth-order valence-electron chi connectivity index (χ4n) is 1.82. The third-order valence-electron chi connectivity index (χ3n) is 2.68. The van der Waals surface area contributed by atoms with Gasteiger partial charge in [-0.05, 0) is 53.7 Å². The van der Waals surface area contributed by atoms with Crippen molar-refractivity contribution in [3.63, 3.8) is 0 Å². The molecule has 0 aliphatic rings. The molecule has 90 valence electrons. The molecule has 0 saturated carbocycles. The normalized spacial score (nSPS) is 10.8. The lowest BCUT2D eigenvalue weighted by Crippen LogP contribution is -2.12. The summed E-state index contributed by atoms with van der Waals surface area (Å²) in [4.78, 5) is 1.25. The summed E-state index contributed by atoms with van der Waals surface area (Å²) < 4.78 is 13.3. The molecule has 0 bridgehead atoms. The minimum atomic E-state index is -0.177. The minimum absolute atomic E-state index is 0.177. The van der Waals surface area contributed by atoms with Crippen LogP contribution < -0.4 is 5.32 Å². The topological polar surface area (TPSA) is 12.0 Å². The van der Waals surface area contributed by atoms with Crippen LogP contribution in [0.1, 0.15) is 17.4 Å². The molecule has 3 heteroatoms. The average Bonchev–Trinajstić information content (AvgIpc) is 2.74. The van der Waals surface area contributed by atoms with E-state index in [2.05, 4.69) is 30.6 Å². The van der Waals surface area contributed by atoms with Crippen LogP contribution in [0.4, 0.5) is 4.39 Å². The summed E-state index contributed by atoms with van der Waals surface area (Å²) in [6.07, 6.45) is 0. The average molecular weight is 249 g/mol. The predicted molar refractivity (Wildman–Crippen MR) is 71.8 cm³/mol. The molecule has 0 saturated heterocycles. The van der Waals surface area contributed by atoms with Crippen molar-refractivity contribution in [3.8, 4) is 11.1 Å². The van der Waals surface area contributed by atoms with Crippen LogP contribution in [0.25, 0.3) is 11.1 Å². The molecule has 17 heavy (non-hydrogen) atoms. The largest absolute Gasteiger partial charge is 0.313 e. The van der Waals surface area contributed by atoms with E-state index in [0.717, 1.165) is 29.8 Å². The van der Waals surface area contributed by atoms with Gasteiger partial charge in [-0.15, -0.1) is 11.3 Å². The van der Waals surface area contributed by atoms with Crippen LogP contribution in [0, 0.1) is 12.7 Å². The van der Waals surface area contributed by atoms with Crippen LogP contribution in [0.3, 0.4) is 0 Å². The molecular weight excluding hydrogens is 233 g/mol. The summed E-state index contributed by atoms with van der Waals surface area (Å²) in [6, 6.07) is 7.11. The van der Waals surface area contributed by atoms with Crippen molar-refractivity contribution in [1.82, 2.24) is 5.32 Å². The summed E-state index contributed by atoms with van der Waals surface area (Å²) in [5.41, 5.74) is 3.25. The molecule has 1 aromatic heterocycles.